The fourth-order valence-electron chi connectivity index (χ4n) is 2.57. The number of piperazine rings is 1. The number of halogens is 4. The average molecular weight is 323 g/mol. The van der Waals surface area contributed by atoms with Crippen molar-refractivity contribution in [1.29, 1.82) is 0 Å². The predicted octanol–water partition coefficient (Wildman–Crippen LogP) is 1.64. The number of pyridine rings is 1. The third-order valence-corrected chi connectivity index (χ3v) is 3.51. The van der Waals surface area contributed by atoms with Gasteiger partial charge in [0.15, 0.2) is 5.82 Å². The van der Waals surface area contributed by atoms with E-state index in [-0.39, 0.29) is 36.5 Å². The molecule has 3 heterocycles. The van der Waals surface area contributed by atoms with Gasteiger partial charge in [0.1, 0.15) is 0 Å². The van der Waals surface area contributed by atoms with Gasteiger partial charge in [-0.2, -0.15) is 13.2 Å². The van der Waals surface area contributed by atoms with Gasteiger partial charge in [-0.1, -0.05) is 0 Å². The summed E-state index contributed by atoms with van der Waals surface area (Å²) in [4.78, 5) is 17.6. The second-order valence-corrected chi connectivity index (χ2v) is 4.90. The van der Waals surface area contributed by atoms with Crippen molar-refractivity contribution in [3.63, 3.8) is 0 Å². The molecule has 1 amide bonds. The zero-order chi connectivity index (χ0) is 14.3. The Labute approximate surface area is 125 Å². The van der Waals surface area contributed by atoms with Crippen LogP contribution in [0, 0.1) is 0 Å². The zero-order valence-electron chi connectivity index (χ0n) is 10.9. The Balaban J connectivity index is 0.00000161. The van der Waals surface area contributed by atoms with E-state index in [2.05, 4.69) is 15.6 Å². The molecule has 21 heavy (non-hydrogen) atoms. The van der Waals surface area contributed by atoms with Gasteiger partial charge in [-0.05, 0) is 6.07 Å². The van der Waals surface area contributed by atoms with Crippen LogP contribution in [0.4, 0.5) is 24.7 Å². The van der Waals surface area contributed by atoms with Crippen LogP contribution in [-0.4, -0.2) is 36.6 Å². The standard InChI is InChI=1S/C12H13F3N4O.ClH/c13-12(14,15)7-3-9-11(17-5-7)19-2-1-16-6-8(19)4-10(20)18-9;/h3,5,8,16H,1-2,4,6H2,(H,18,20);1H. The van der Waals surface area contributed by atoms with Crippen molar-refractivity contribution >= 4 is 29.8 Å². The lowest BCUT2D eigenvalue weighted by atomic mass is 10.1. The van der Waals surface area contributed by atoms with Crippen molar-refractivity contribution in [3.8, 4) is 0 Å². The molecular weight excluding hydrogens is 309 g/mol. The molecule has 1 unspecified atom stereocenters. The summed E-state index contributed by atoms with van der Waals surface area (Å²) in [5, 5.41) is 5.69. The van der Waals surface area contributed by atoms with Crippen LogP contribution in [0.2, 0.25) is 0 Å². The molecule has 3 rings (SSSR count). The highest BCUT2D eigenvalue weighted by Crippen LogP contribution is 2.36. The molecule has 1 atom stereocenters. The fourth-order valence-corrected chi connectivity index (χ4v) is 2.57. The van der Waals surface area contributed by atoms with E-state index >= 15 is 0 Å². The fraction of sp³-hybridized carbons (Fsp3) is 0.500. The Morgan fingerprint density at radius 1 is 1.38 bits per heavy atom. The number of nitrogens with one attached hydrogen (secondary N) is 2. The van der Waals surface area contributed by atoms with Crippen LogP contribution in [0.1, 0.15) is 12.0 Å². The summed E-state index contributed by atoms with van der Waals surface area (Å²) in [6.07, 6.45) is -3.41. The zero-order valence-corrected chi connectivity index (χ0v) is 11.7. The first-order chi connectivity index (χ1) is 9.45. The molecule has 0 aromatic carbocycles. The molecule has 9 heteroatoms. The first-order valence-corrected chi connectivity index (χ1v) is 6.29. The van der Waals surface area contributed by atoms with Gasteiger partial charge in [0.2, 0.25) is 5.91 Å². The number of amides is 1. The molecule has 1 aromatic rings. The summed E-state index contributed by atoms with van der Waals surface area (Å²) in [5.74, 6) is 0.124. The molecule has 0 aliphatic carbocycles. The summed E-state index contributed by atoms with van der Waals surface area (Å²) < 4.78 is 38.1. The van der Waals surface area contributed by atoms with Crippen LogP contribution in [-0.2, 0) is 11.0 Å². The van der Waals surface area contributed by atoms with Gasteiger partial charge < -0.3 is 15.5 Å². The molecule has 116 valence electrons. The van der Waals surface area contributed by atoms with Crippen LogP contribution in [0.25, 0.3) is 0 Å². The number of nitrogens with zero attached hydrogens (tertiary/aromatic N) is 2. The number of hydrogen-bond donors (Lipinski definition) is 2. The molecule has 0 bridgehead atoms. The molecule has 1 fully saturated rings. The van der Waals surface area contributed by atoms with Crippen molar-refractivity contribution in [2.24, 2.45) is 0 Å². The molecule has 2 aliphatic heterocycles. The van der Waals surface area contributed by atoms with Gasteiger partial charge in [-0.15, -0.1) is 12.4 Å². The van der Waals surface area contributed by atoms with Crippen molar-refractivity contribution in [2.45, 2.75) is 18.6 Å². The van der Waals surface area contributed by atoms with Gasteiger partial charge in [-0.3, -0.25) is 4.79 Å². The van der Waals surface area contributed by atoms with E-state index in [1.807, 2.05) is 4.90 Å². The molecule has 0 spiro atoms. The van der Waals surface area contributed by atoms with E-state index in [4.69, 9.17) is 0 Å². The number of carbonyl (C=O) groups is 1. The van der Waals surface area contributed by atoms with Crippen molar-refractivity contribution in [2.75, 3.05) is 29.9 Å². The number of aromatic nitrogens is 1. The number of rotatable bonds is 0. The molecular formula is C12H14ClF3N4O. The molecule has 2 aliphatic rings. The minimum Gasteiger partial charge on any atom is -0.349 e. The van der Waals surface area contributed by atoms with E-state index in [9.17, 15) is 18.0 Å². The molecule has 5 nitrogen and oxygen atoms in total. The largest absolute Gasteiger partial charge is 0.417 e. The van der Waals surface area contributed by atoms with Crippen LogP contribution in [0.3, 0.4) is 0 Å². The minimum atomic E-state index is -4.47. The highest BCUT2D eigenvalue weighted by molar-refractivity contribution is 5.96. The molecule has 0 radical (unpaired) electrons. The van der Waals surface area contributed by atoms with Crippen molar-refractivity contribution in [1.82, 2.24) is 10.3 Å². The van der Waals surface area contributed by atoms with Crippen molar-refractivity contribution in [3.05, 3.63) is 17.8 Å². The summed E-state index contributed by atoms with van der Waals surface area (Å²) in [7, 11) is 0. The summed E-state index contributed by atoms with van der Waals surface area (Å²) >= 11 is 0. The third kappa shape index (κ3) is 3.06. The Bertz CT molecular complexity index is 552. The van der Waals surface area contributed by atoms with Crippen LogP contribution in [0.5, 0.6) is 0 Å². The molecule has 1 saturated heterocycles. The van der Waals surface area contributed by atoms with E-state index in [1.54, 1.807) is 0 Å². The maximum absolute atomic E-state index is 12.7. The van der Waals surface area contributed by atoms with Gasteiger partial charge in [0, 0.05) is 32.3 Å². The first-order valence-electron chi connectivity index (χ1n) is 6.29. The van der Waals surface area contributed by atoms with Crippen LogP contribution < -0.4 is 15.5 Å². The first kappa shape index (κ1) is 15.8. The topological polar surface area (TPSA) is 57.3 Å². The number of carbonyl (C=O) groups excluding carboxylic acids is 1. The van der Waals surface area contributed by atoms with Gasteiger partial charge in [0.05, 0.1) is 17.3 Å². The highest BCUT2D eigenvalue weighted by Gasteiger charge is 2.35. The Morgan fingerprint density at radius 2 is 2.14 bits per heavy atom. The smallest absolute Gasteiger partial charge is 0.349 e. The quantitative estimate of drug-likeness (QED) is 0.762. The van der Waals surface area contributed by atoms with Crippen LogP contribution in [0.15, 0.2) is 12.3 Å². The molecule has 1 aromatic heterocycles. The van der Waals surface area contributed by atoms with Gasteiger partial charge >= 0.3 is 6.18 Å². The van der Waals surface area contributed by atoms with E-state index in [0.717, 1.165) is 12.3 Å². The summed E-state index contributed by atoms with van der Waals surface area (Å²) in [5.41, 5.74) is -0.723. The second-order valence-electron chi connectivity index (χ2n) is 4.90. The van der Waals surface area contributed by atoms with E-state index < -0.39 is 11.7 Å². The Morgan fingerprint density at radius 3 is 2.86 bits per heavy atom. The number of alkyl halides is 3. The number of hydrogen-bond acceptors (Lipinski definition) is 4. The van der Waals surface area contributed by atoms with Gasteiger partial charge in [-0.25, -0.2) is 4.98 Å². The number of fused-ring (bicyclic) bond motifs is 3. The Hall–Kier alpha value is -1.54. The summed E-state index contributed by atoms with van der Waals surface area (Å²) in [6.45, 7) is 1.95. The predicted molar refractivity (Wildman–Crippen MR) is 73.7 cm³/mol. The van der Waals surface area contributed by atoms with Gasteiger partial charge in [0.25, 0.3) is 0 Å². The lowest BCUT2D eigenvalue weighted by molar-refractivity contribution is -0.137. The maximum atomic E-state index is 12.7. The lowest BCUT2D eigenvalue weighted by Gasteiger charge is -2.35. The van der Waals surface area contributed by atoms with E-state index in [0.29, 0.717) is 25.5 Å². The maximum Gasteiger partial charge on any atom is 0.417 e. The Kier molecular flexibility index (Phi) is 4.29. The summed E-state index contributed by atoms with van der Waals surface area (Å²) in [6, 6.07) is 0.874. The van der Waals surface area contributed by atoms with E-state index in [1.165, 1.54) is 0 Å². The van der Waals surface area contributed by atoms with Crippen LogP contribution >= 0.6 is 12.4 Å². The number of anilines is 2. The monoisotopic (exact) mass is 322 g/mol. The third-order valence-electron chi connectivity index (χ3n) is 3.51. The molecule has 2 N–H and O–H groups in total. The highest BCUT2D eigenvalue weighted by atomic mass is 35.5. The SMILES string of the molecule is Cl.O=C1CC2CNCCN2c2ncc(C(F)(F)F)cc2N1. The average Bonchev–Trinajstić information content (AvgIpc) is 2.52. The minimum absolute atomic E-state index is 0. The normalized spacial score (nSPS) is 21.6. The lowest BCUT2D eigenvalue weighted by Crippen LogP contribution is -2.51. The molecule has 0 saturated carbocycles. The second kappa shape index (κ2) is 5.69. The van der Waals surface area contributed by atoms with Crippen molar-refractivity contribution < 1.29 is 18.0 Å².